The molecule has 18 heavy (non-hydrogen) atoms. The monoisotopic (exact) mass is 246 g/mol. The first-order chi connectivity index (χ1) is 8.34. The number of carbonyl (C=O) groups excluding carboxylic acids is 1. The number of hydrogen-bond donors (Lipinski definition) is 0. The highest BCUT2D eigenvalue weighted by Crippen LogP contribution is 2.60. The average molecular weight is 246 g/mol. The summed E-state index contributed by atoms with van der Waals surface area (Å²) >= 11 is 0. The lowest BCUT2D eigenvalue weighted by Gasteiger charge is -2.45. The molecule has 0 aromatic heterocycles. The summed E-state index contributed by atoms with van der Waals surface area (Å²) in [7, 11) is 0. The maximum Gasteiger partial charge on any atom is 0.120 e. The Morgan fingerprint density at radius 1 is 1.28 bits per heavy atom. The van der Waals surface area contributed by atoms with Crippen LogP contribution in [0.4, 0.5) is 0 Å². The van der Waals surface area contributed by atoms with Gasteiger partial charge in [-0.25, -0.2) is 0 Å². The Morgan fingerprint density at radius 2 is 1.94 bits per heavy atom. The van der Waals surface area contributed by atoms with Crippen LogP contribution in [0.2, 0.25) is 0 Å². The minimum atomic E-state index is 0.00106. The van der Waals surface area contributed by atoms with Gasteiger partial charge in [-0.3, -0.25) is 0 Å². The van der Waals surface area contributed by atoms with Crippen molar-refractivity contribution < 1.29 is 4.79 Å². The molecular weight excluding hydrogens is 220 g/mol. The topological polar surface area (TPSA) is 17.1 Å². The standard InChI is InChI=1S/C17H26O/c1-12(2)14-6-7-17(5)9-8-16(4,10-11-18)13(3)15(14)17/h11-12H,3,6-10H2,1-2,4-5H3/t16-,17-/m1/s1. The summed E-state index contributed by atoms with van der Waals surface area (Å²) in [6.07, 6.45) is 6.50. The van der Waals surface area contributed by atoms with Gasteiger partial charge in [0.25, 0.3) is 0 Å². The molecular formula is C17H26O. The third-order valence-corrected chi connectivity index (χ3v) is 5.36. The van der Waals surface area contributed by atoms with Gasteiger partial charge >= 0.3 is 0 Å². The summed E-state index contributed by atoms with van der Waals surface area (Å²) in [6, 6.07) is 0. The third-order valence-electron chi connectivity index (χ3n) is 5.36. The summed E-state index contributed by atoms with van der Waals surface area (Å²) in [5.74, 6) is 0.608. The predicted octanol–water partition coefficient (Wildman–Crippen LogP) is 4.68. The molecule has 100 valence electrons. The predicted molar refractivity (Wildman–Crippen MR) is 76.4 cm³/mol. The Kier molecular flexibility index (Phi) is 3.29. The largest absolute Gasteiger partial charge is 0.303 e. The fraction of sp³-hybridized carbons (Fsp3) is 0.706. The van der Waals surface area contributed by atoms with Crippen molar-refractivity contribution in [2.75, 3.05) is 0 Å². The van der Waals surface area contributed by atoms with E-state index in [1.807, 2.05) is 0 Å². The molecule has 2 aliphatic rings. The van der Waals surface area contributed by atoms with Crippen LogP contribution in [-0.2, 0) is 4.79 Å². The van der Waals surface area contributed by atoms with E-state index in [0.717, 1.165) is 12.7 Å². The van der Waals surface area contributed by atoms with Gasteiger partial charge in [-0.2, -0.15) is 0 Å². The van der Waals surface area contributed by atoms with Crippen LogP contribution in [0.5, 0.6) is 0 Å². The first-order valence-electron chi connectivity index (χ1n) is 7.21. The lowest BCUT2D eigenvalue weighted by molar-refractivity contribution is -0.109. The lowest BCUT2D eigenvalue weighted by Crippen LogP contribution is -2.34. The average Bonchev–Trinajstić information content (AvgIpc) is 2.64. The maximum atomic E-state index is 11.0. The minimum Gasteiger partial charge on any atom is -0.303 e. The molecule has 0 heterocycles. The third kappa shape index (κ3) is 1.88. The Labute approximate surface area is 111 Å². The highest BCUT2D eigenvalue weighted by Gasteiger charge is 2.47. The van der Waals surface area contributed by atoms with Gasteiger partial charge in [0, 0.05) is 6.42 Å². The van der Waals surface area contributed by atoms with Crippen molar-refractivity contribution in [2.24, 2.45) is 16.7 Å². The number of rotatable bonds is 3. The van der Waals surface area contributed by atoms with Crippen molar-refractivity contribution in [1.29, 1.82) is 0 Å². The highest BCUT2D eigenvalue weighted by molar-refractivity contribution is 5.56. The number of carbonyl (C=O) groups is 1. The van der Waals surface area contributed by atoms with Crippen molar-refractivity contribution in [2.45, 2.75) is 59.8 Å². The zero-order valence-corrected chi connectivity index (χ0v) is 12.3. The minimum absolute atomic E-state index is 0.00106. The molecule has 0 radical (unpaired) electrons. The van der Waals surface area contributed by atoms with E-state index in [1.165, 1.54) is 30.4 Å². The SMILES string of the molecule is C=C1C2=C(C(C)C)CC[C@]2(C)CC[C@]1(C)CC=O. The van der Waals surface area contributed by atoms with E-state index in [0.29, 0.717) is 17.8 Å². The van der Waals surface area contributed by atoms with Crippen LogP contribution < -0.4 is 0 Å². The molecule has 0 spiro atoms. The number of aldehydes is 1. The van der Waals surface area contributed by atoms with Crippen LogP contribution in [0.3, 0.4) is 0 Å². The van der Waals surface area contributed by atoms with Crippen LogP contribution in [-0.4, -0.2) is 6.29 Å². The highest BCUT2D eigenvalue weighted by atomic mass is 16.1. The molecule has 0 aromatic rings. The van der Waals surface area contributed by atoms with Crippen LogP contribution in [0.1, 0.15) is 59.8 Å². The molecule has 2 aliphatic carbocycles. The molecule has 1 nitrogen and oxygen atoms in total. The van der Waals surface area contributed by atoms with E-state index in [2.05, 4.69) is 34.3 Å². The van der Waals surface area contributed by atoms with Crippen molar-refractivity contribution in [3.05, 3.63) is 23.3 Å². The summed E-state index contributed by atoms with van der Waals surface area (Å²) < 4.78 is 0. The van der Waals surface area contributed by atoms with Gasteiger partial charge in [-0.05, 0) is 53.6 Å². The molecule has 1 saturated carbocycles. The molecule has 2 atom stereocenters. The first-order valence-corrected chi connectivity index (χ1v) is 7.21. The Balaban J connectivity index is 2.46. The van der Waals surface area contributed by atoms with Crippen LogP contribution in [0, 0.1) is 16.7 Å². The van der Waals surface area contributed by atoms with Gasteiger partial charge in [0.2, 0.25) is 0 Å². The molecule has 1 heteroatoms. The molecule has 0 saturated heterocycles. The van der Waals surface area contributed by atoms with Gasteiger partial charge in [-0.15, -0.1) is 0 Å². The van der Waals surface area contributed by atoms with E-state index < -0.39 is 0 Å². The Morgan fingerprint density at radius 3 is 2.50 bits per heavy atom. The Hall–Kier alpha value is -0.850. The van der Waals surface area contributed by atoms with Gasteiger partial charge in [-0.1, -0.05) is 39.8 Å². The number of hydrogen-bond acceptors (Lipinski definition) is 1. The maximum absolute atomic E-state index is 11.0. The van der Waals surface area contributed by atoms with Crippen LogP contribution in [0.25, 0.3) is 0 Å². The van der Waals surface area contributed by atoms with Gasteiger partial charge in [0.05, 0.1) is 0 Å². The first kappa shape index (κ1) is 13.6. The number of fused-ring (bicyclic) bond motifs is 1. The van der Waals surface area contributed by atoms with Crippen LogP contribution >= 0.6 is 0 Å². The second-order valence-electron chi connectivity index (χ2n) is 7.03. The zero-order valence-electron chi connectivity index (χ0n) is 12.3. The molecule has 0 aliphatic heterocycles. The molecule has 1 fully saturated rings. The van der Waals surface area contributed by atoms with Gasteiger partial charge in [0.1, 0.15) is 6.29 Å². The molecule has 0 unspecified atom stereocenters. The van der Waals surface area contributed by atoms with Crippen LogP contribution in [0.15, 0.2) is 23.3 Å². The molecule has 2 rings (SSSR count). The second-order valence-corrected chi connectivity index (χ2v) is 7.03. The molecule has 0 aromatic carbocycles. The van der Waals surface area contributed by atoms with Crippen molar-refractivity contribution in [3.8, 4) is 0 Å². The Bertz CT molecular complexity index is 415. The van der Waals surface area contributed by atoms with Crippen molar-refractivity contribution in [1.82, 2.24) is 0 Å². The second kappa shape index (κ2) is 4.36. The number of allylic oxidation sites excluding steroid dienone is 3. The molecule has 0 bridgehead atoms. The quantitative estimate of drug-likeness (QED) is 0.660. The normalized spacial score (nSPS) is 36.2. The van der Waals surface area contributed by atoms with Gasteiger partial charge < -0.3 is 4.79 Å². The van der Waals surface area contributed by atoms with Crippen molar-refractivity contribution in [3.63, 3.8) is 0 Å². The summed E-state index contributed by atoms with van der Waals surface area (Å²) in [4.78, 5) is 11.0. The summed E-state index contributed by atoms with van der Waals surface area (Å²) in [5, 5.41) is 0. The zero-order chi connectivity index (χ0) is 13.6. The van der Waals surface area contributed by atoms with E-state index >= 15 is 0 Å². The van der Waals surface area contributed by atoms with E-state index in [-0.39, 0.29) is 5.41 Å². The van der Waals surface area contributed by atoms with E-state index in [9.17, 15) is 4.79 Å². The smallest absolute Gasteiger partial charge is 0.120 e. The molecule has 0 N–H and O–H groups in total. The molecule has 0 amide bonds. The van der Waals surface area contributed by atoms with Crippen molar-refractivity contribution >= 4 is 6.29 Å². The fourth-order valence-corrected chi connectivity index (χ4v) is 3.85. The fourth-order valence-electron chi connectivity index (χ4n) is 3.85. The summed E-state index contributed by atoms with van der Waals surface area (Å²) in [5.41, 5.74) is 4.71. The van der Waals surface area contributed by atoms with E-state index in [1.54, 1.807) is 5.57 Å². The van der Waals surface area contributed by atoms with Gasteiger partial charge in [0.15, 0.2) is 0 Å². The lowest BCUT2D eigenvalue weighted by atomic mass is 9.59. The van der Waals surface area contributed by atoms with E-state index in [4.69, 9.17) is 0 Å². The summed E-state index contributed by atoms with van der Waals surface area (Å²) in [6.45, 7) is 13.6.